The fourth-order valence-corrected chi connectivity index (χ4v) is 2.44. The third-order valence-electron chi connectivity index (χ3n) is 3.69. The van der Waals surface area contributed by atoms with Crippen molar-refractivity contribution in [2.75, 3.05) is 20.5 Å². The van der Waals surface area contributed by atoms with Crippen LogP contribution in [0.4, 0.5) is 8.78 Å². The van der Waals surface area contributed by atoms with E-state index in [4.69, 9.17) is 9.47 Å². The lowest BCUT2D eigenvalue weighted by atomic mass is 10.2. The first kappa shape index (κ1) is 14.7. The topological polar surface area (TPSA) is 52.8 Å². The number of esters is 1. The molecule has 2 aromatic rings. The van der Waals surface area contributed by atoms with Crippen LogP contribution in [0, 0.1) is 0 Å². The molecule has 5 nitrogen and oxygen atoms in total. The summed E-state index contributed by atoms with van der Waals surface area (Å²) in [5.74, 6) is 0.162. The molecule has 0 radical (unpaired) electrons. The van der Waals surface area contributed by atoms with Gasteiger partial charge in [-0.1, -0.05) is 0 Å². The Balaban J connectivity index is 2.07. The average Bonchev–Trinajstić information content (AvgIpc) is 3.29. The standard InChI is InChI=1S/C15H16F2N2O3/c1-21-15(20)11-8-18-19-12(11)4-5-13(14(19)9-2-3-9)22-10(6-16)7-17/h4-5,8-10H,2-3,6-7H2,1H3. The fraction of sp³-hybridized carbons (Fsp3) is 0.467. The Morgan fingerprint density at radius 3 is 2.73 bits per heavy atom. The molecule has 0 bridgehead atoms. The number of alkyl halides is 2. The maximum absolute atomic E-state index is 12.7. The highest BCUT2D eigenvalue weighted by Gasteiger charge is 2.32. The highest BCUT2D eigenvalue weighted by Crippen LogP contribution is 2.44. The zero-order valence-electron chi connectivity index (χ0n) is 12.1. The number of hydrogen-bond donors (Lipinski definition) is 0. The highest BCUT2D eigenvalue weighted by atomic mass is 19.1. The van der Waals surface area contributed by atoms with Crippen LogP contribution in [0.25, 0.3) is 5.52 Å². The van der Waals surface area contributed by atoms with Gasteiger partial charge >= 0.3 is 5.97 Å². The maximum atomic E-state index is 12.7. The summed E-state index contributed by atoms with van der Waals surface area (Å²) in [6.07, 6.45) is 2.22. The van der Waals surface area contributed by atoms with Crippen molar-refractivity contribution >= 4 is 11.5 Å². The summed E-state index contributed by atoms with van der Waals surface area (Å²) in [6.45, 7) is -1.80. The number of hydrogen-bond acceptors (Lipinski definition) is 4. The molecule has 0 unspecified atom stereocenters. The van der Waals surface area contributed by atoms with Gasteiger partial charge in [-0.2, -0.15) is 5.10 Å². The number of fused-ring (bicyclic) bond motifs is 1. The molecular weight excluding hydrogens is 294 g/mol. The highest BCUT2D eigenvalue weighted by molar-refractivity contribution is 5.96. The maximum Gasteiger partial charge on any atom is 0.341 e. The second kappa shape index (κ2) is 5.90. The number of pyridine rings is 1. The summed E-state index contributed by atoms with van der Waals surface area (Å²) >= 11 is 0. The average molecular weight is 310 g/mol. The van der Waals surface area contributed by atoms with Gasteiger partial charge in [-0.05, 0) is 25.0 Å². The van der Waals surface area contributed by atoms with E-state index in [2.05, 4.69) is 5.10 Å². The number of halogens is 2. The van der Waals surface area contributed by atoms with Crippen LogP contribution in [0.3, 0.4) is 0 Å². The van der Waals surface area contributed by atoms with E-state index in [0.717, 1.165) is 18.5 Å². The molecule has 7 heteroatoms. The molecule has 118 valence electrons. The van der Waals surface area contributed by atoms with Crippen molar-refractivity contribution in [1.29, 1.82) is 0 Å². The predicted octanol–water partition coefficient (Wildman–Crippen LogP) is 2.68. The van der Waals surface area contributed by atoms with Crippen LogP contribution in [-0.2, 0) is 4.74 Å². The van der Waals surface area contributed by atoms with Crippen LogP contribution in [0.2, 0.25) is 0 Å². The van der Waals surface area contributed by atoms with E-state index >= 15 is 0 Å². The van der Waals surface area contributed by atoms with Crippen LogP contribution >= 0.6 is 0 Å². The molecule has 0 N–H and O–H groups in total. The molecule has 2 heterocycles. The minimum absolute atomic E-state index is 0.226. The Morgan fingerprint density at radius 2 is 2.14 bits per heavy atom. The first-order chi connectivity index (χ1) is 10.7. The van der Waals surface area contributed by atoms with Crippen LogP contribution in [0.15, 0.2) is 18.3 Å². The van der Waals surface area contributed by atoms with E-state index in [1.165, 1.54) is 13.3 Å². The molecule has 22 heavy (non-hydrogen) atoms. The minimum Gasteiger partial charge on any atom is -0.483 e. The number of carbonyl (C=O) groups excluding carboxylic acids is 1. The molecule has 1 aliphatic rings. The molecule has 0 amide bonds. The third kappa shape index (κ3) is 2.51. The van der Waals surface area contributed by atoms with E-state index in [1.54, 1.807) is 16.6 Å². The SMILES string of the molecule is COC(=O)c1cnn2c(C3CC3)c(OC(CF)CF)ccc12. The summed E-state index contributed by atoms with van der Waals surface area (Å²) < 4.78 is 37.2. The summed E-state index contributed by atoms with van der Waals surface area (Å²) in [7, 11) is 1.30. The van der Waals surface area contributed by atoms with Gasteiger partial charge in [0.1, 0.15) is 24.7 Å². The van der Waals surface area contributed by atoms with E-state index in [9.17, 15) is 13.6 Å². The molecular formula is C15H16F2N2O3. The molecule has 0 spiro atoms. The molecule has 0 aromatic carbocycles. The van der Waals surface area contributed by atoms with Crippen molar-refractivity contribution in [3.63, 3.8) is 0 Å². The van der Waals surface area contributed by atoms with Crippen molar-refractivity contribution < 1.29 is 23.0 Å². The Hall–Kier alpha value is -2.18. The Morgan fingerprint density at radius 1 is 1.41 bits per heavy atom. The van der Waals surface area contributed by atoms with Gasteiger partial charge in [0.2, 0.25) is 0 Å². The molecule has 0 atom stereocenters. The van der Waals surface area contributed by atoms with Gasteiger partial charge in [0.05, 0.1) is 24.5 Å². The largest absolute Gasteiger partial charge is 0.483 e. The summed E-state index contributed by atoms with van der Waals surface area (Å²) in [6, 6.07) is 3.28. The molecule has 2 aromatic heterocycles. The van der Waals surface area contributed by atoms with Gasteiger partial charge < -0.3 is 9.47 Å². The molecule has 0 saturated heterocycles. The lowest BCUT2D eigenvalue weighted by Crippen LogP contribution is -2.22. The van der Waals surface area contributed by atoms with E-state index in [1.807, 2.05) is 0 Å². The monoisotopic (exact) mass is 310 g/mol. The van der Waals surface area contributed by atoms with Gasteiger partial charge in [0.25, 0.3) is 0 Å². The molecule has 1 aliphatic carbocycles. The fourth-order valence-electron chi connectivity index (χ4n) is 2.44. The van der Waals surface area contributed by atoms with Crippen molar-refractivity contribution in [1.82, 2.24) is 9.61 Å². The summed E-state index contributed by atoms with van der Waals surface area (Å²) in [4.78, 5) is 11.7. The third-order valence-corrected chi connectivity index (χ3v) is 3.69. The predicted molar refractivity (Wildman–Crippen MR) is 74.9 cm³/mol. The zero-order valence-corrected chi connectivity index (χ0v) is 12.1. The Kier molecular flexibility index (Phi) is 3.96. The quantitative estimate of drug-likeness (QED) is 0.770. The second-order valence-electron chi connectivity index (χ2n) is 5.25. The number of rotatable bonds is 6. The summed E-state index contributed by atoms with van der Waals surface area (Å²) in [5, 5.41) is 4.22. The number of carbonyl (C=O) groups is 1. The first-order valence-electron chi connectivity index (χ1n) is 7.07. The molecule has 0 aliphatic heterocycles. The van der Waals surface area contributed by atoms with Crippen LogP contribution in [0.5, 0.6) is 5.75 Å². The van der Waals surface area contributed by atoms with Gasteiger partial charge in [0, 0.05) is 5.92 Å². The van der Waals surface area contributed by atoms with Gasteiger partial charge in [0.15, 0.2) is 6.10 Å². The lowest BCUT2D eigenvalue weighted by molar-refractivity contribution is 0.0603. The van der Waals surface area contributed by atoms with Crippen molar-refractivity contribution in [3.8, 4) is 5.75 Å². The molecule has 3 rings (SSSR count). The lowest BCUT2D eigenvalue weighted by Gasteiger charge is -2.17. The van der Waals surface area contributed by atoms with Gasteiger partial charge in [-0.3, -0.25) is 0 Å². The Bertz CT molecular complexity index is 693. The number of ether oxygens (including phenoxy) is 2. The van der Waals surface area contributed by atoms with Crippen molar-refractivity contribution in [2.45, 2.75) is 24.9 Å². The molecule has 1 fully saturated rings. The normalized spacial score (nSPS) is 14.5. The smallest absolute Gasteiger partial charge is 0.341 e. The number of aromatic nitrogens is 2. The Labute approximate surface area is 125 Å². The van der Waals surface area contributed by atoms with E-state index in [-0.39, 0.29) is 5.92 Å². The number of methoxy groups -OCH3 is 1. The van der Waals surface area contributed by atoms with E-state index < -0.39 is 25.4 Å². The summed E-state index contributed by atoms with van der Waals surface area (Å²) in [5.41, 5.74) is 1.70. The zero-order chi connectivity index (χ0) is 15.7. The van der Waals surface area contributed by atoms with Crippen molar-refractivity contribution in [3.05, 3.63) is 29.6 Å². The van der Waals surface area contributed by atoms with Gasteiger partial charge in [-0.25, -0.2) is 18.1 Å². The molecule has 1 saturated carbocycles. The second-order valence-corrected chi connectivity index (χ2v) is 5.25. The van der Waals surface area contributed by atoms with Crippen molar-refractivity contribution in [2.24, 2.45) is 0 Å². The van der Waals surface area contributed by atoms with Crippen LogP contribution < -0.4 is 4.74 Å². The minimum atomic E-state index is -1.12. The van der Waals surface area contributed by atoms with E-state index in [0.29, 0.717) is 16.8 Å². The van der Waals surface area contributed by atoms with Crippen LogP contribution in [-0.4, -0.2) is 42.1 Å². The van der Waals surface area contributed by atoms with Gasteiger partial charge in [-0.15, -0.1) is 0 Å². The first-order valence-corrected chi connectivity index (χ1v) is 7.07. The number of nitrogens with zero attached hydrogens (tertiary/aromatic N) is 2. The van der Waals surface area contributed by atoms with Crippen LogP contribution in [0.1, 0.15) is 34.8 Å².